The highest BCUT2D eigenvalue weighted by Gasteiger charge is 2.19. The van der Waals surface area contributed by atoms with Gasteiger partial charge in [-0.05, 0) is 43.7 Å². The zero-order valence-corrected chi connectivity index (χ0v) is 16.5. The lowest BCUT2D eigenvalue weighted by Gasteiger charge is -2.20. The first kappa shape index (κ1) is 22.3. The van der Waals surface area contributed by atoms with Crippen LogP contribution in [0.4, 0.5) is 8.78 Å². The smallest absolute Gasteiger partial charge is 0.387 e. The van der Waals surface area contributed by atoms with Crippen molar-refractivity contribution in [1.29, 1.82) is 0 Å². The van der Waals surface area contributed by atoms with Gasteiger partial charge in [0.05, 0.1) is 12.6 Å². The Morgan fingerprint density at radius 3 is 2.31 bits per heavy atom. The molecule has 7 heteroatoms. The van der Waals surface area contributed by atoms with E-state index in [9.17, 15) is 18.4 Å². The van der Waals surface area contributed by atoms with Crippen LogP contribution in [-0.2, 0) is 4.79 Å². The third kappa shape index (κ3) is 6.85. The van der Waals surface area contributed by atoms with Crippen molar-refractivity contribution in [1.82, 2.24) is 5.32 Å². The average molecular weight is 405 g/mol. The van der Waals surface area contributed by atoms with Crippen LogP contribution >= 0.6 is 0 Å². The van der Waals surface area contributed by atoms with Crippen molar-refractivity contribution in [3.8, 4) is 11.5 Å². The molecular formula is C22H25F2NO4. The second-order valence-electron chi connectivity index (χ2n) is 6.33. The summed E-state index contributed by atoms with van der Waals surface area (Å²) in [5, 5.41) is 2.79. The first-order chi connectivity index (χ1) is 13.9. The van der Waals surface area contributed by atoms with Crippen molar-refractivity contribution in [3.05, 3.63) is 59.7 Å². The number of hydrogen-bond acceptors (Lipinski definition) is 4. The number of benzene rings is 2. The maximum atomic E-state index is 12.6. The molecular weight excluding hydrogens is 380 g/mol. The van der Waals surface area contributed by atoms with Crippen molar-refractivity contribution in [2.45, 2.75) is 45.8 Å². The fraction of sp³-hybridized carbons (Fsp3) is 0.364. The van der Waals surface area contributed by atoms with Crippen LogP contribution in [0.1, 0.15) is 55.1 Å². The summed E-state index contributed by atoms with van der Waals surface area (Å²) in [6.45, 7) is 1.29. The topological polar surface area (TPSA) is 64.6 Å². The van der Waals surface area contributed by atoms with Gasteiger partial charge in [-0.3, -0.25) is 9.59 Å². The number of amides is 1. The zero-order valence-electron chi connectivity index (χ0n) is 16.5. The molecule has 1 N–H and O–H groups in total. The van der Waals surface area contributed by atoms with E-state index < -0.39 is 12.7 Å². The molecule has 0 spiro atoms. The van der Waals surface area contributed by atoms with Crippen LogP contribution in [0.3, 0.4) is 0 Å². The highest BCUT2D eigenvalue weighted by Crippen LogP contribution is 2.28. The number of nitrogens with one attached hydrogen (secondary N) is 1. The van der Waals surface area contributed by atoms with Crippen LogP contribution in [0.15, 0.2) is 48.5 Å². The lowest BCUT2D eigenvalue weighted by Crippen LogP contribution is -2.29. The number of hydrogen-bond donors (Lipinski definition) is 1. The Hall–Kier alpha value is -2.96. The van der Waals surface area contributed by atoms with Crippen molar-refractivity contribution in [2.75, 3.05) is 6.61 Å². The lowest BCUT2D eigenvalue weighted by molar-refractivity contribution is -0.121. The Bertz CT molecular complexity index is 809. The molecule has 0 radical (unpaired) electrons. The Kier molecular flexibility index (Phi) is 8.58. The van der Waals surface area contributed by atoms with Gasteiger partial charge < -0.3 is 14.8 Å². The number of ether oxygens (including phenoxy) is 2. The first-order valence-corrected chi connectivity index (χ1v) is 9.53. The van der Waals surface area contributed by atoms with Crippen molar-refractivity contribution >= 4 is 11.7 Å². The summed E-state index contributed by atoms with van der Waals surface area (Å²) in [7, 11) is 0. The van der Waals surface area contributed by atoms with Gasteiger partial charge in [0.2, 0.25) is 5.91 Å². The van der Waals surface area contributed by atoms with E-state index in [2.05, 4.69) is 10.1 Å². The molecule has 1 unspecified atom stereocenters. The van der Waals surface area contributed by atoms with Crippen LogP contribution in [0.2, 0.25) is 0 Å². The predicted molar refractivity (Wildman–Crippen MR) is 105 cm³/mol. The monoisotopic (exact) mass is 405 g/mol. The molecule has 0 aliphatic heterocycles. The molecule has 2 rings (SSSR count). The fourth-order valence-corrected chi connectivity index (χ4v) is 2.91. The molecule has 0 aliphatic rings. The van der Waals surface area contributed by atoms with E-state index in [0.29, 0.717) is 29.9 Å². The summed E-state index contributed by atoms with van der Waals surface area (Å²) >= 11 is 0. The SMILES string of the molecule is CCOc1ccc(C(=O)CCC(=O)NC(CC)c2ccccc2OC(F)F)cc1. The number of Topliss-reactive ketones (excluding diaryl/α,β-unsaturated/α-hetero) is 1. The third-order valence-electron chi connectivity index (χ3n) is 4.32. The second-order valence-corrected chi connectivity index (χ2v) is 6.33. The number of ketones is 1. The molecule has 1 atom stereocenters. The van der Waals surface area contributed by atoms with E-state index >= 15 is 0 Å². The highest BCUT2D eigenvalue weighted by atomic mass is 19.3. The summed E-state index contributed by atoms with van der Waals surface area (Å²) in [5.41, 5.74) is 0.977. The summed E-state index contributed by atoms with van der Waals surface area (Å²) < 4.78 is 35.1. The van der Waals surface area contributed by atoms with Gasteiger partial charge in [-0.1, -0.05) is 25.1 Å². The summed E-state index contributed by atoms with van der Waals surface area (Å²) in [6, 6.07) is 12.6. The predicted octanol–water partition coefficient (Wildman–Crippen LogP) is 4.92. The van der Waals surface area contributed by atoms with Crippen molar-refractivity contribution in [3.63, 3.8) is 0 Å². The van der Waals surface area contributed by atoms with Gasteiger partial charge in [-0.25, -0.2) is 0 Å². The normalized spacial score (nSPS) is 11.8. The fourth-order valence-electron chi connectivity index (χ4n) is 2.91. The summed E-state index contributed by atoms with van der Waals surface area (Å²) in [5.74, 6) is 0.220. The Balaban J connectivity index is 1.94. The molecule has 0 bridgehead atoms. The first-order valence-electron chi connectivity index (χ1n) is 9.53. The number of carbonyl (C=O) groups excluding carboxylic acids is 2. The number of para-hydroxylation sites is 1. The van der Waals surface area contributed by atoms with E-state index in [-0.39, 0.29) is 30.3 Å². The Labute approximate surface area is 169 Å². The zero-order chi connectivity index (χ0) is 21.2. The van der Waals surface area contributed by atoms with Gasteiger partial charge in [0.15, 0.2) is 5.78 Å². The summed E-state index contributed by atoms with van der Waals surface area (Å²) in [4.78, 5) is 24.6. The number of alkyl halides is 2. The minimum Gasteiger partial charge on any atom is -0.494 e. The van der Waals surface area contributed by atoms with E-state index in [1.165, 1.54) is 6.07 Å². The maximum absolute atomic E-state index is 12.6. The molecule has 0 heterocycles. The summed E-state index contributed by atoms with van der Waals surface area (Å²) in [6.07, 6.45) is 0.536. The van der Waals surface area contributed by atoms with Gasteiger partial charge in [0.25, 0.3) is 0 Å². The minimum atomic E-state index is -2.95. The maximum Gasteiger partial charge on any atom is 0.387 e. The van der Waals surface area contributed by atoms with E-state index in [1.807, 2.05) is 13.8 Å². The number of carbonyl (C=O) groups is 2. The molecule has 0 aromatic heterocycles. The average Bonchev–Trinajstić information content (AvgIpc) is 2.71. The highest BCUT2D eigenvalue weighted by molar-refractivity contribution is 5.98. The lowest BCUT2D eigenvalue weighted by atomic mass is 10.0. The molecule has 0 aliphatic carbocycles. The van der Waals surface area contributed by atoms with Crippen LogP contribution in [0.25, 0.3) is 0 Å². The van der Waals surface area contributed by atoms with Gasteiger partial charge >= 0.3 is 6.61 Å². The van der Waals surface area contributed by atoms with Crippen LogP contribution in [0.5, 0.6) is 11.5 Å². The molecule has 0 saturated carbocycles. The van der Waals surface area contributed by atoms with Gasteiger partial charge in [-0.2, -0.15) is 8.78 Å². The minimum absolute atomic E-state index is 0.000413. The molecule has 2 aromatic rings. The molecule has 1 amide bonds. The third-order valence-corrected chi connectivity index (χ3v) is 4.32. The van der Waals surface area contributed by atoms with Gasteiger partial charge in [0.1, 0.15) is 11.5 Å². The van der Waals surface area contributed by atoms with Crippen LogP contribution in [-0.4, -0.2) is 24.9 Å². The van der Waals surface area contributed by atoms with Crippen molar-refractivity contribution < 1.29 is 27.8 Å². The van der Waals surface area contributed by atoms with Crippen molar-refractivity contribution in [2.24, 2.45) is 0 Å². The Morgan fingerprint density at radius 2 is 1.69 bits per heavy atom. The molecule has 0 saturated heterocycles. The van der Waals surface area contributed by atoms with E-state index in [1.54, 1.807) is 42.5 Å². The standard InChI is InChI=1S/C22H25F2NO4/c1-3-18(17-7-5-6-8-20(17)29-22(23)24)25-21(27)14-13-19(26)15-9-11-16(12-10-15)28-4-2/h5-12,18,22H,3-4,13-14H2,1-2H3,(H,25,27). The van der Waals surface area contributed by atoms with Crippen LogP contribution in [0, 0.1) is 0 Å². The quantitative estimate of drug-likeness (QED) is 0.539. The van der Waals surface area contributed by atoms with Crippen LogP contribution < -0.4 is 14.8 Å². The molecule has 29 heavy (non-hydrogen) atoms. The van der Waals surface area contributed by atoms with E-state index in [0.717, 1.165) is 0 Å². The van der Waals surface area contributed by atoms with Gasteiger partial charge in [-0.15, -0.1) is 0 Å². The second kappa shape index (κ2) is 11.1. The Morgan fingerprint density at radius 1 is 1.00 bits per heavy atom. The molecule has 0 fully saturated rings. The molecule has 2 aromatic carbocycles. The van der Waals surface area contributed by atoms with E-state index in [4.69, 9.17) is 4.74 Å². The number of halogens is 2. The largest absolute Gasteiger partial charge is 0.494 e. The molecule has 156 valence electrons. The molecule has 5 nitrogen and oxygen atoms in total. The van der Waals surface area contributed by atoms with Gasteiger partial charge in [0, 0.05) is 24.0 Å². The number of rotatable bonds is 11.